The fourth-order valence-electron chi connectivity index (χ4n) is 2.98. The van der Waals surface area contributed by atoms with E-state index in [-0.39, 0.29) is 24.0 Å². The summed E-state index contributed by atoms with van der Waals surface area (Å²) in [7, 11) is 1.88. The number of piperidine rings is 1. The maximum Gasteiger partial charge on any atom is 0.234 e. The van der Waals surface area contributed by atoms with Gasteiger partial charge in [0.1, 0.15) is 0 Å². The van der Waals surface area contributed by atoms with Gasteiger partial charge in [-0.15, -0.1) is 0 Å². The van der Waals surface area contributed by atoms with Gasteiger partial charge in [-0.2, -0.15) is 5.10 Å². The number of aromatic nitrogens is 2. The van der Waals surface area contributed by atoms with Gasteiger partial charge in [-0.1, -0.05) is 6.42 Å². The maximum atomic E-state index is 11.6. The summed E-state index contributed by atoms with van der Waals surface area (Å²) in [5.74, 6) is -0.255. The van der Waals surface area contributed by atoms with Crippen molar-refractivity contribution in [3.63, 3.8) is 0 Å². The van der Waals surface area contributed by atoms with Gasteiger partial charge in [0.25, 0.3) is 0 Å². The highest BCUT2D eigenvalue weighted by molar-refractivity contribution is 5.80. The molecule has 3 unspecified atom stereocenters. The molecule has 106 valence electrons. The summed E-state index contributed by atoms with van der Waals surface area (Å²) in [4.78, 5) is 13.8. The zero-order valence-corrected chi connectivity index (χ0v) is 11.6. The molecule has 0 saturated carbocycles. The van der Waals surface area contributed by atoms with Crippen molar-refractivity contribution in [1.82, 2.24) is 14.7 Å². The van der Waals surface area contributed by atoms with E-state index in [0.717, 1.165) is 31.4 Å². The summed E-state index contributed by atoms with van der Waals surface area (Å²) in [6.45, 7) is 2.82. The Kier molecular flexibility index (Phi) is 4.21. The smallest absolute Gasteiger partial charge is 0.234 e. The molecule has 0 aromatic carbocycles. The number of carbonyl (C=O) groups is 1. The Morgan fingerprint density at radius 2 is 2.26 bits per heavy atom. The van der Waals surface area contributed by atoms with E-state index >= 15 is 0 Å². The molecule has 2 rings (SSSR count). The SMILES string of the molecule is CC(N)C(c1cnn(C)c1)N1CCCCC1C(N)=O. The van der Waals surface area contributed by atoms with E-state index in [1.54, 1.807) is 4.68 Å². The molecule has 1 fully saturated rings. The molecule has 2 heterocycles. The van der Waals surface area contributed by atoms with Crippen LogP contribution in [0, 0.1) is 0 Å². The van der Waals surface area contributed by atoms with Gasteiger partial charge in [0.15, 0.2) is 0 Å². The van der Waals surface area contributed by atoms with Crippen LogP contribution in [0.1, 0.15) is 37.8 Å². The number of hydrogen-bond acceptors (Lipinski definition) is 4. The zero-order valence-electron chi connectivity index (χ0n) is 11.6. The Labute approximate surface area is 113 Å². The summed E-state index contributed by atoms with van der Waals surface area (Å²) >= 11 is 0. The minimum absolute atomic E-state index is 0.00787. The number of rotatable bonds is 4. The van der Waals surface area contributed by atoms with E-state index in [1.807, 2.05) is 26.4 Å². The molecule has 1 amide bonds. The van der Waals surface area contributed by atoms with Crippen molar-refractivity contribution >= 4 is 5.91 Å². The number of aryl methyl sites for hydroxylation is 1. The van der Waals surface area contributed by atoms with Crippen LogP contribution in [-0.2, 0) is 11.8 Å². The van der Waals surface area contributed by atoms with Gasteiger partial charge in [0.05, 0.1) is 18.3 Å². The van der Waals surface area contributed by atoms with Gasteiger partial charge >= 0.3 is 0 Å². The van der Waals surface area contributed by atoms with Gasteiger partial charge in [-0.05, 0) is 26.3 Å². The fourth-order valence-corrected chi connectivity index (χ4v) is 2.98. The molecule has 1 aromatic heterocycles. The fraction of sp³-hybridized carbons (Fsp3) is 0.692. The molecule has 6 nitrogen and oxygen atoms in total. The average molecular weight is 265 g/mol. The molecule has 6 heteroatoms. The first kappa shape index (κ1) is 14.0. The van der Waals surface area contributed by atoms with Crippen molar-refractivity contribution in [2.75, 3.05) is 6.54 Å². The minimum Gasteiger partial charge on any atom is -0.368 e. The van der Waals surface area contributed by atoms with Crippen molar-refractivity contribution in [3.05, 3.63) is 18.0 Å². The lowest BCUT2D eigenvalue weighted by atomic mass is 9.94. The predicted molar refractivity (Wildman–Crippen MR) is 73.1 cm³/mol. The van der Waals surface area contributed by atoms with Crippen LogP contribution >= 0.6 is 0 Å². The average Bonchev–Trinajstić information content (AvgIpc) is 2.76. The molecule has 4 N–H and O–H groups in total. The van der Waals surface area contributed by atoms with E-state index in [1.165, 1.54) is 0 Å². The summed E-state index contributed by atoms with van der Waals surface area (Å²) in [6, 6.07) is -0.305. The predicted octanol–water partition coefficient (Wildman–Crippen LogP) is 0.148. The maximum absolute atomic E-state index is 11.6. The highest BCUT2D eigenvalue weighted by atomic mass is 16.1. The molecule has 0 spiro atoms. The molecular formula is C13H23N5O. The van der Waals surface area contributed by atoms with Crippen LogP contribution in [0.4, 0.5) is 0 Å². The van der Waals surface area contributed by atoms with Crippen molar-refractivity contribution < 1.29 is 4.79 Å². The molecule has 0 radical (unpaired) electrons. The van der Waals surface area contributed by atoms with E-state index in [2.05, 4.69) is 10.00 Å². The number of likely N-dealkylation sites (tertiary alicyclic amines) is 1. The number of amides is 1. The van der Waals surface area contributed by atoms with Crippen LogP contribution in [0.25, 0.3) is 0 Å². The van der Waals surface area contributed by atoms with Crippen molar-refractivity contribution in [2.45, 2.75) is 44.3 Å². The normalized spacial score (nSPS) is 24.1. The molecule has 0 bridgehead atoms. The second kappa shape index (κ2) is 5.71. The standard InChI is InChI=1S/C13H23N5O/c1-9(14)12(10-7-16-17(2)8-10)18-6-4-3-5-11(18)13(15)19/h7-9,11-12H,3-6,14H2,1-2H3,(H2,15,19). The molecule has 1 saturated heterocycles. The van der Waals surface area contributed by atoms with Gasteiger partial charge in [-0.25, -0.2) is 0 Å². The van der Waals surface area contributed by atoms with Crippen LogP contribution in [-0.4, -0.2) is 39.2 Å². The molecule has 19 heavy (non-hydrogen) atoms. The van der Waals surface area contributed by atoms with Crippen molar-refractivity contribution in [3.8, 4) is 0 Å². The molecule has 3 atom stereocenters. The second-order valence-corrected chi connectivity index (χ2v) is 5.40. The molecule has 1 aliphatic heterocycles. The van der Waals surface area contributed by atoms with E-state index in [9.17, 15) is 4.79 Å². The lowest BCUT2D eigenvalue weighted by Crippen LogP contribution is -2.52. The quantitative estimate of drug-likeness (QED) is 0.810. The first-order chi connectivity index (χ1) is 9.00. The number of nitrogens with two attached hydrogens (primary N) is 2. The number of carbonyl (C=O) groups excluding carboxylic acids is 1. The topological polar surface area (TPSA) is 90.2 Å². The lowest BCUT2D eigenvalue weighted by Gasteiger charge is -2.41. The molecule has 1 aromatic rings. The summed E-state index contributed by atoms with van der Waals surface area (Å²) in [6.07, 6.45) is 6.72. The van der Waals surface area contributed by atoms with Gasteiger partial charge < -0.3 is 11.5 Å². The second-order valence-electron chi connectivity index (χ2n) is 5.40. The monoisotopic (exact) mass is 265 g/mol. The summed E-state index contributed by atoms with van der Waals surface area (Å²) < 4.78 is 1.76. The Bertz CT molecular complexity index is 442. The van der Waals surface area contributed by atoms with Gasteiger partial charge in [0, 0.05) is 24.8 Å². The highest BCUT2D eigenvalue weighted by Crippen LogP contribution is 2.30. The first-order valence-electron chi connectivity index (χ1n) is 6.80. The third-order valence-electron chi connectivity index (χ3n) is 3.79. The molecule has 0 aliphatic carbocycles. The van der Waals surface area contributed by atoms with Crippen molar-refractivity contribution in [2.24, 2.45) is 18.5 Å². The Hall–Kier alpha value is -1.40. The van der Waals surface area contributed by atoms with Crippen LogP contribution in [0.5, 0.6) is 0 Å². The molecular weight excluding hydrogens is 242 g/mol. The summed E-state index contributed by atoms with van der Waals surface area (Å²) in [5, 5.41) is 4.20. The van der Waals surface area contributed by atoms with Crippen LogP contribution in [0.3, 0.4) is 0 Å². The Morgan fingerprint density at radius 1 is 1.53 bits per heavy atom. The third-order valence-corrected chi connectivity index (χ3v) is 3.79. The van der Waals surface area contributed by atoms with Gasteiger partial charge in [0.2, 0.25) is 5.91 Å². The first-order valence-corrected chi connectivity index (χ1v) is 6.80. The number of primary amides is 1. The molecule has 1 aliphatic rings. The Morgan fingerprint density at radius 3 is 2.79 bits per heavy atom. The minimum atomic E-state index is -0.255. The highest BCUT2D eigenvalue weighted by Gasteiger charge is 2.35. The number of nitrogens with zero attached hydrogens (tertiary/aromatic N) is 3. The van der Waals surface area contributed by atoms with Crippen molar-refractivity contribution in [1.29, 1.82) is 0 Å². The lowest BCUT2D eigenvalue weighted by molar-refractivity contribution is -0.125. The number of hydrogen-bond donors (Lipinski definition) is 2. The third kappa shape index (κ3) is 2.96. The van der Waals surface area contributed by atoms with Crippen LogP contribution in [0.15, 0.2) is 12.4 Å². The Balaban J connectivity index is 2.29. The van der Waals surface area contributed by atoms with Gasteiger partial charge in [-0.3, -0.25) is 14.4 Å². The van der Waals surface area contributed by atoms with Crippen LogP contribution < -0.4 is 11.5 Å². The zero-order chi connectivity index (χ0) is 14.0. The van der Waals surface area contributed by atoms with E-state index in [4.69, 9.17) is 11.5 Å². The van der Waals surface area contributed by atoms with E-state index in [0.29, 0.717) is 0 Å². The summed E-state index contributed by atoms with van der Waals surface area (Å²) in [5.41, 5.74) is 12.7. The largest absolute Gasteiger partial charge is 0.368 e. The van der Waals surface area contributed by atoms with Crippen LogP contribution in [0.2, 0.25) is 0 Å². The van der Waals surface area contributed by atoms with E-state index < -0.39 is 0 Å².